The highest BCUT2D eigenvalue weighted by atomic mass is 35.5. The maximum Gasteiger partial charge on any atom is 0.124 e. The Kier molecular flexibility index (Phi) is 3.81. The molecule has 2 bridgehead atoms. The summed E-state index contributed by atoms with van der Waals surface area (Å²) in [5.74, 6) is 2.12. The van der Waals surface area contributed by atoms with Crippen molar-refractivity contribution >= 4 is 11.6 Å². The van der Waals surface area contributed by atoms with E-state index in [1.54, 1.807) is 6.07 Å². The van der Waals surface area contributed by atoms with Gasteiger partial charge in [-0.15, -0.1) is 0 Å². The first kappa shape index (κ1) is 13.4. The van der Waals surface area contributed by atoms with Crippen molar-refractivity contribution in [3.05, 3.63) is 34.6 Å². The number of aliphatic hydroxyl groups excluding tert-OH is 1. The van der Waals surface area contributed by atoms with Crippen LogP contribution in [-0.4, -0.2) is 11.2 Å². The minimum absolute atomic E-state index is 0.323. The summed E-state index contributed by atoms with van der Waals surface area (Å²) in [5, 5.41) is 10.7. The number of benzene rings is 1. The van der Waals surface area contributed by atoms with Crippen LogP contribution in [0, 0.1) is 23.6 Å². The monoisotopic (exact) mass is 282 g/mol. The molecule has 0 aromatic heterocycles. The number of fused-ring (bicyclic) bond motifs is 2. The zero-order valence-corrected chi connectivity index (χ0v) is 11.7. The summed E-state index contributed by atoms with van der Waals surface area (Å²) in [6.07, 6.45) is 6.45. The second-order valence-corrected chi connectivity index (χ2v) is 6.67. The van der Waals surface area contributed by atoms with Gasteiger partial charge in [-0.25, -0.2) is 4.39 Å². The van der Waals surface area contributed by atoms with Crippen LogP contribution in [0.4, 0.5) is 4.39 Å². The number of hydrogen-bond acceptors (Lipinski definition) is 1. The van der Waals surface area contributed by atoms with Gasteiger partial charge in [0.2, 0.25) is 0 Å². The Morgan fingerprint density at radius 3 is 2.79 bits per heavy atom. The number of halogens is 2. The number of rotatable bonds is 4. The average Bonchev–Trinajstić information content (AvgIpc) is 2.95. The smallest absolute Gasteiger partial charge is 0.124 e. The fraction of sp³-hybridized carbons (Fsp3) is 0.625. The summed E-state index contributed by atoms with van der Waals surface area (Å²) in [6.45, 7) is 0. The normalized spacial score (nSPS) is 30.8. The lowest BCUT2D eigenvalue weighted by atomic mass is 9.84. The van der Waals surface area contributed by atoms with Crippen LogP contribution < -0.4 is 0 Å². The van der Waals surface area contributed by atoms with Gasteiger partial charge in [0, 0.05) is 5.02 Å². The van der Waals surface area contributed by atoms with Crippen molar-refractivity contribution in [2.24, 2.45) is 17.8 Å². The Bertz CT molecular complexity index is 462. The van der Waals surface area contributed by atoms with Gasteiger partial charge in [-0.2, -0.15) is 0 Å². The molecule has 0 heterocycles. The van der Waals surface area contributed by atoms with E-state index < -0.39 is 0 Å². The van der Waals surface area contributed by atoms with Crippen molar-refractivity contribution in [2.45, 2.75) is 44.6 Å². The molecule has 0 aliphatic heterocycles. The van der Waals surface area contributed by atoms with E-state index in [1.165, 1.54) is 37.8 Å². The molecule has 0 saturated heterocycles. The van der Waals surface area contributed by atoms with E-state index in [2.05, 4.69) is 0 Å². The first-order valence-corrected chi connectivity index (χ1v) is 7.61. The second-order valence-electron chi connectivity index (χ2n) is 6.26. The van der Waals surface area contributed by atoms with Crippen LogP contribution in [0.5, 0.6) is 0 Å². The van der Waals surface area contributed by atoms with Crippen LogP contribution >= 0.6 is 11.6 Å². The third kappa shape index (κ3) is 2.95. The van der Waals surface area contributed by atoms with E-state index in [1.807, 2.05) is 0 Å². The molecule has 2 aliphatic carbocycles. The Hall–Kier alpha value is -0.600. The zero-order valence-electron chi connectivity index (χ0n) is 11.0. The summed E-state index contributed by atoms with van der Waals surface area (Å²) in [7, 11) is 0. The molecule has 2 saturated carbocycles. The molecule has 0 radical (unpaired) electrons. The van der Waals surface area contributed by atoms with E-state index in [9.17, 15) is 9.50 Å². The number of hydrogen-bond donors (Lipinski definition) is 1. The quantitative estimate of drug-likeness (QED) is 0.877. The van der Waals surface area contributed by atoms with Crippen LogP contribution in [0.15, 0.2) is 18.2 Å². The van der Waals surface area contributed by atoms with Crippen molar-refractivity contribution in [2.75, 3.05) is 0 Å². The molecule has 4 unspecified atom stereocenters. The zero-order chi connectivity index (χ0) is 13.4. The average molecular weight is 283 g/mol. The summed E-state index contributed by atoms with van der Waals surface area (Å²) in [4.78, 5) is 0. The van der Waals surface area contributed by atoms with Gasteiger partial charge in [0.15, 0.2) is 0 Å². The fourth-order valence-electron chi connectivity index (χ4n) is 4.04. The molecular formula is C16H20ClFO. The third-order valence-corrected chi connectivity index (χ3v) is 5.28. The molecule has 0 spiro atoms. The summed E-state index contributed by atoms with van der Waals surface area (Å²) >= 11 is 6.00. The Balaban J connectivity index is 1.57. The summed E-state index contributed by atoms with van der Waals surface area (Å²) < 4.78 is 13.0. The largest absolute Gasteiger partial charge is 0.393 e. The van der Waals surface area contributed by atoms with Crippen molar-refractivity contribution in [3.63, 3.8) is 0 Å². The van der Waals surface area contributed by atoms with Gasteiger partial charge < -0.3 is 5.11 Å². The van der Waals surface area contributed by atoms with Crippen molar-refractivity contribution in [1.82, 2.24) is 0 Å². The molecule has 1 aromatic carbocycles. The van der Waals surface area contributed by atoms with Gasteiger partial charge in [-0.05, 0) is 67.6 Å². The maximum atomic E-state index is 13.0. The summed E-state index contributed by atoms with van der Waals surface area (Å²) in [6, 6.07) is 4.41. The predicted molar refractivity (Wildman–Crippen MR) is 74.7 cm³/mol. The Morgan fingerprint density at radius 1 is 1.32 bits per heavy atom. The van der Waals surface area contributed by atoms with Crippen molar-refractivity contribution in [3.8, 4) is 0 Å². The summed E-state index contributed by atoms with van der Waals surface area (Å²) in [5.41, 5.74) is 0.846. The molecule has 1 nitrogen and oxygen atoms in total. The van der Waals surface area contributed by atoms with Crippen LogP contribution in [0.2, 0.25) is 5.02 Å². The molecule has 0 amide bonds. The molecule has 4 atom stereocenters. The minimum Gasteiger partial charge on any atom is -0.393 e. The Morgan fingerprint density at radius 2 is 2.16 bits per heavy atom. The van der Waals surface area contributed by atoms with E-state index in [-0.39, 0.29) is 11.9 Å². The second kappa shape index (κ2) is 5.41. The third-order valence-electron chi connectivity index (χ3n) is 4.93. The van der Waals surface area contributed by atoms with Gasteiger partial charge >= 0.3 is 0 Å². The Labute approximate surface area is 118 Å². The molecule has 3 rings (SSSR count). The molecule has 2 fully saturated rings. The van der Waals surface area contributed by atoms with Crippen LogP contribution in [0.1, 0.15) is 37.7 Å². The highest BCUT2D eigenvalue weighted by Crippen LogP contribution is 2.50. The number of aliphatic hydroxyl groups is 1. The van der Waals surface area contributed by atoms with E-state index in [4.69, 9.17) is 11.6 Å². The minimum atomic E-state index is -0.354. The van der Waals surface area contributed by atoms with Crippen LogP contribution in [0.3, 0.4) is 0 Å². The van der Waals surface area contributed by atoms with Gasteiger partial charge in [-0.3, -0.25) is 0 Å². The van der Waals surface area contributed by atoms with Crippen molar-refractivity contribution < 1.29 is 9.50 Å². The fourth-order valence-corrected chi connectivity index (χ4v) is 4.28. The van der Waals surface area contributed by atoms with Crippen LogP contribution in [0.25, 0.3) is 0 Å². The lowest BCUT2D eigenvalue weighted by Crippen LogP contribution is -2.20. The highest BCUT2D eigenvalue weighted by molar-refractivity contribution is 6.31. The maximum absolute atomic E-state index is 13.0. The van der Waals surface area contributed by atoms with E-state index in [0.29, 0.717) is 17.4 Å². The lowest BCUT2D eigenvalue weighted by Gasteiger charge is -2.24. The van der Waals surface area contributed by atoms with Gasteiger partial charge in [0.25, 0.3) is 0 Å². The van der Waals surface area contributed by atoms with E-state index >= 15 is 0 Å². The molecule has 2 aliphatic rings. The van der Waals surface area contributed by atoms with Gasteiger partial charge in [-0.1, -0.05) is 24.1 Å². The predicted octanol–water partition coefficient (Wildman–Crippen LogP) is 4.21. The van der Waals surface area contributed by atoms with Crippen molar-refractivity contribution in [1.29, 1.82) is 0 Å². The topological polar surface area (TPSA) is 20.2 Å². The van der Waals surface area contributed by atoms with Gasteiger partial charge in [0.05, 0.1) is 6.10 Å². The lowest BCUT2D eigenvalue weighted by molar-refractivity contribution is 0.124. The first-order valence-electron chi connectivity index (χ1n) is 7.24. The van der Waals surface area contributed by atoms with E-state index in [0.717, 1.165) is 23.8 Å². The molecule has 1 aromatic rings. The molecular weight excluding hydrogens is 263 g/mol. The van der Waals surface area contributed by atoms with Crippen LogP contribution in [-0.2, 0) is 6.42 Å². The molecule has 3 heteroatoms. The molecule has 1 N–H and O–H groups in total. The SMILES string of the molecule is OC(Cc1ccc(F)cc1Cl)CC1CC2CCC1C2. The molecule has 19 heavy (non-hydrogen) atoms. The highest BCUT2D eigenvalue weighted by Gasteiger charge is 2.39. The standard InChI is InChI=1S/C16H20ClFO/c17-16-9-14(18)4-3-12(16)7-15(19)8-13-6-10-1-2-11(13)5-10/h3-4,9-11,13,15,19H,1-2,5-8H2. The molecule has 104 valence electrons. The van der Waals surface area contributed by atoms with Gasteiger partial charge in [0.1, 0.15) is 5.82 Å². The first-order chi connectivity index (χ1) is 9.11.